The highest BCUT2D eigenvalue weighted by atomic mass is 79.9. The maximum atomic E-state index is 11.7. The Bertz CT molecular complexity index is 490. The number of benzene rings is 1. The van der Waals surface area contributed by atoms with Crippen molar-refractivity contribution in [2.45, 2.75) is 0 Å². The summed E-state index contributed by atoms with van der Waals surface area (Å²) in [5, 5.41) is 13.4. The van der Waals surface area contributed by atoms with Crippen molar-refractivity contribution >= 4 is 39.1 Å². The molecular formula is C10H8BrClN2O3. The zero-order valence-corrected chi connectivity index (χ0v) is 10.9. The third-order valence-corrected chi connectivity index (χ3v) is 2.36. The molecule has 17 heavy (non-hydrogen) atoms. The fourth-order valence-corrected chi connectivity index (χ4v) is 1.43. The van der Waals surface area contributed by atoms with Crippen molar-refractivity contribution in [2.75, 3.05) is 6.54 Å². The minimum absolute atomic E-state index is 0.0341. The number of hydrogen-bond acceptors (Lipinski definition) is 3. The van der Waals surface area contributed by atoms with Gasteiger partial charge in [-0.3, -0.25) is 14.9 Å². The van der Waals surface area contributed by atoms with Gasteiger partial charge in [0.25, 0.3) is 11.6 Å². The SMILES string of the molecule is C=C(Br)CNC(=O)c1ccc(Cl)cc1[N+](=O)[O-]. The van der Waals surface area contributed by atoms with Crippen molar-refractivity contribution in [3.63, 3.8) is 0 Å². The predicted molar refractivity (Wildman–Crippen MR) is 68.5 cm³/mol. The predicted octanol–water partition coefficient (Wildman–Crippen LogP) is 2.89. The number of nitro groups is 1. The van der Waals surface area contributed by atoms with Gasteiger partial charge in [-0.2, -0.15) is 0 Å². The molecule has 0 saturated heterocycles. The van der Waals surface area contributed by atoms with Gasteiger partial charge in [0.1, 0.15) is 5.56 Å². The fourth-order valence-electron chi connectivity index (χ4n) is 1.12. The summed E-state index contributed by atoms with van der Waals surface area (Å²) in [6.45, 7) is 3.73. The highest BCUT2D eigenvalue weighted by molar-refractivity contribution is 9.11. The van der Waals surface area contributed by atoms with Crippen molar-refractivity contribution in [2.24, 2.45) is 0 Å². The molecule has 0 spiro atoms. The number of halogens is 2. The molecule has 5 nitrogen and oxygen atoms in total. The first-order chi connectivity index (χ1) is 7.91. The molecule has 1 amide bonds. The van der Waals surface area contributed by atoms with Crippen LogP contribution in [0.5, 0.6) is 0 Å². The second-order valence-electron chi connectivity index (χ2n) is 3.12. The molecule has 0 atom stereocenters. The number of nitro benzene ring substituents is 1. The summed E-state index contributed by atoms with van der Waals surface area (Å²) in [4.78, 5) is 21.8. The van der Waals surface area contributed by atoms with Crippen molar-refractivity contribution in [3.05, 3.63) is 50.0 Å². The molecule has 0 aliphatic rings. The Labute approximate surface area is 111 Å². The Morgan fingerprint density at radius 2 is 2.24 bits per heavy atom. The van der Waals surface area contributed by atoms with E-state index < -0.39 is 10.8 Å². The molecule has 0 aliphatic carbocycles. The lowest BCUT2D eigenvalue weighted by molar-refractivity contribution is -0.385. The number of nitrogens with one attached hydrogen (secondary N) is 1. The molecule has 0 radical (unpaired) electrons. The lowest BCUT2D eigenvalue weighted by Crippen LogP contribution is -2.25. The zero-order valence-electron chi connectivity index (χ0n) is 8.57. The van der Waals surface area contributed by atoms with E-state index in [-0.39, 0.29) is 22.8 Å². The first kappa shape index (κ1) is 13.7. The number of hydrogen-bond donors (Lipinski definition) is 1. The van der Waals surface area contributed by atoms with Crippen LogP contribution in [0.2, 0.25) is 5.02 Å². The van der Waals surface area contributed by atoms with E-state index in [9.17, 15) is 14.9 Å². The second-order valence-corrected chi connectivity index (χ2v) is 4.68. The molecule has 7 heteroatoms. The third-order valence-electron chi connectivity index (χ3n) is 1.84. The van der Waals surface area contributed by atoms with Crippen LogP contribution in [-0.4, -0.2) is 17.4 Å². The Morgan fingerprint density at radius 3 is 2.76 bits per heavy atom. The molecule has 1 aromatic carbocycles. The molecule has 0 heterocycles. The zero-order chi connectivity index (χ0) is 13.0. The van der Waals surface area contributed by atoms with Crippen LogP contribution in [0.3, 0.4) is 0 Å². The second kappa shape index (κ2) is 5.79. The minimum Gasteiger partial charge on any atom is -0.347 e. The monoisotopic (exact) mass is 318 g/mol. The van der Waals surface area contributed by atoms with Gasteiger partial charge in [0.05, 0.1) is 4.92 Å². The molecule has 0 fully saturated rings. The summed E-state index contributed by atoms with van der Waals surface area (Å²) >= 11 is 8.71. The number of carbonyl (C=O) groups is 1. The molecule has 0 aliphatic heterocycles. The van der Waals surface area contributed by atoms with Crippen molar-refractivity contribution in [1.29, 1.82) is 0 Å². The lowest BCUT2D eigenvalue weighted by atomic mass is 10.1. The number of nitrogens with zero attached hydrogens (tertiary/aromatic N) is 1. The van der Waals surface area contributed by atoms with Gasteiger partial charge in [-0.15, -0.1) is 0 Å². The summed E-state index contributed by atoms with van der Waals surface area (Å²) in [7, 11) is 0. The first-order valence-corrected chi connectivity index (χ1v) is 5.64. The van der Waals surface area contributed by atoms with Crippen molar-refractivity contribution in [3.8, 4) is 0 Å². The van der Waals surface area contributed by atoms with Crippen LogP contribution in [0.25, 0.3) is 0 Å². The summed E-state index contributed by atoms with van der Waals surface area (Å²) in [6, 6.07) is 3.87. The number of amides is 1. The summed E-state index contributed by atoms with van der Waals surface area (Å²) in [5.41, 5.74) is -0.358. The molecule has 0 saturated carbocycles. The van der Waals surface area contributed by atoms with Gasteiger partial charge in [-0.25, -0.2) is 0 Å². The maximum absolute atomic E-state index is 11.7. The molecule has 0 aromatic heterocycles. The Morgan fingerprint density at radius 1 is 1.59 bits per heavy atom. The summed E-state index contributed by atoms with van der Waals surface area (Å²) < 4.78 is 0.572. The van der Waals surface area contributed by atoms with Gasteiger partial charge in [0, 0.05) is 22.1 Å². The van der Waals surface area contributed by atoms with Gasteiger partial charge < -0.3 is 5.32 Å². The van der Waals surface area contributed by atoms with E-state index in [1.165, 1.54) is 12.1 Å². The van der Waals surface area contributed by atoms with Gasteiger partial charge in [0.15, 0.2) is 0 Å². The maximum Gasteiger partial charge on any atom is 0.283 e. The Balaban J connectivity index is 3.00. The van der Waals surface area contributed by atoms with Crippen molar-refractivity contribution in [1.82, 2.24) is 5.32 Å². The van der Waals surface area contributed by atoms with Gasteiger partial charge in [0.2, 0.25) is 0 Å². The van der Waals surface area contributed by atoms with Crippen LogP contribution in [0, 0.1) is 10.1 Å². The normalized spacial score (nSPS) is 9.76. The summed E-state index contributed by atoms with van der Waals surface area (Å²) in [5.74, 6) is -0.547. The quantitative estimate of drug-likeness (QED) is 0.685. The van der Waals surface area contributed by atoms with Gasteiger partial charge in [-0.05, 0) is 12.1 Å². The largest absolute Gasteiger partial charge is 0.347 e. The molecule has 1 aromatic rings. The van der Waals surface area contributed by atoms with Crippen LogP contribution < -0.4 is 5.32 Å². The topological polar surface area (TPSA) is 72.2 Å². The first-order valence-electron chi connectivity index (χ1n) is 4.47. The van der Waals surface area contributed by atoms with Gasteiger partial charge in [-0.1, -0.05) is 34.1 Å². The molecule has 90 valence electrons. The van der Waals surface area contributed by atoms with E-state index in [1.807, 2.05) is 0 Å². The van der Waals surface area contributed by atoms with Crippen LogP contribution >= 0.6 is 27.5 Å². The number of carbonyl (C=O) groups excluding carboxylic acids is 1. The van der Waals surface area contributed by atoms with E-state index in [4.69, 9.17) is 11.6 Å². The van der Waals surface area contributed by atoms with E-state index in [0.717, 1.165) is 6.07 Å². The smallest absolute Gasteiger partial charge is 0.283 e. The summed E-state index contributed by atoms with van der Waals surface area (Å²) in [6.07, 6.45) is 0. The Hall–Kier alpha value is -1.40. The average molecular weight is 320 g/mol. The Kier molecular flexibility index (Phi) is 4.65. The highest BCUT2D eigenvalue weighted by Crippen LogP contribution is 2.23. The average Bonchev–Trinajstić information content (AvgIpc) is 2.25. The van der Waals surface area contributed by atoms with Crippen LogP contribution in [-0.2, 0) is 0 Å². The van der Waals surface area contributed by atoms with Gasteiger partial charge >= 0.3 is 0 Å². The molecular weight excluding hydrogens is 311 g/mol. The lowest BCUT2D eigenvalue weighted by Gasteiger charge is -2.05. The highest BCUT2D eigenvalue weighted by Gasteiger charge is 2.20. The van der Waals surface area contributed by atoms with E-state index in [1.54, 1.807) is 0 Å². The molecule has 1 rings (SSSR count). The van der Waals surface area contributed by atoms with Crippen LogP contribution in [0.4, 0.5) is 5.69 Å². The fraction of sp³-hybridized carbons (Fsp3) is 0.100. The number of rotatable bonds is 4. The van der Waals surface area contributed by atoms with E-state index in [2.05, 4.69) is 27.8 Å². The minimum atomic E-state index is -0.649. The molecule has 0 bridgehead atoms. The van der Waals surface area contributed by atoms with Crippen LogP contribution in [0.1, 0.15) is 10.4 Å². The van der Waals surface area contributed by atoms with E-state index >= 15 is 0 Å². The molecule has 1 N–H and O–H groups in total. The van der Waals surface area contributed by atoms with E-state index in [0.29, 0.717) is 4.48 Å². The third kappa shape index (κ3) is 3.83. The van der Waals surface area contributed by atoms with Crippen molar-refractivity contribution < 1.29 is 9.72 Å². The van der Waals surface area contributed by atoms with Crippen LogP contribution in [0.15, 0.2) is 29.3 Å². The molecule has 0 unspecified atom stereocenters. The standard InChI is InChI=1S/C10H8BrClN2O3/c1-6(11)5-13-10(15)8-3-2-7(12)4-9(8)14(16)17/h2-4H,1,5H2,(H,13,15).